The van der Waals surface area contributed by atoms with E-state index in [4.69, 9.17) is 59.9 Å². The number of rotatable bonds is 15. The molecule has 652 valence electrons. The lowest BCUT2D eigenvalue weighted by Crippen LogP contribution is -2.44. The predicted molar refractivity (Wildman–Crippen MR) is 485 cm³/mol. The molecule has 0 bridgehead atoms. The van der Waals surface area contributed by atoms with Crippen molar-refractivity contribution in [3.8, 4) is 61.7 Å². The van der Waals surface area contributed by atoms with E-state index in [0.717, 1.165) is 166 Å². The number of H-pyrrole nitrogens is 4. The first kappa shape index (κ1) is 88.5. The van der Waals surface area contributed by atoms with E-state index >= 15 is 0 Å². The Kier molecular flexibility index (Phi) is 27.8. The minimum absolute atomic E-state index is 0.0447. The molecule has 0 aromatic carbocycles. The van der Waals surface area contributed by atoms with E-state index in [1.165, 1.54) is 13.1 Å². The number of anilines is 4. The van der Waals surface area contributed by atoms with Crippen LogP contribution in [0.3, 0.4) is 0 Å². The number of piperidine rings is 5. The van der Waals surface area contributed by atoms with Crippen LogP contribution in [0.15, 0.2) is 85.9 Å². The van der Waals surface area contributed by atoms with E-state index < -0.39 is 31.0 Å². The number of carbonyl (C=O) groups is 2. The zero-order chi connectivity index (χ0) is 92.6. The Balaban J connectivity index is 0.000000154. The lowest BCUT2D eigenvalue weighted by molar-refractivity contribution is -0.114. The highest BCUT2D eigenvalue weighted by Crippen LogP contribution is 2.41. The van der Waals surface area contributed by atoms with Crippen LogP contribution in [0.25, 0.3) is 49.3 Å². The van der Waals surface area contributed by atoms with Gasteiger partial charge in [0.15, 0.2) is 11.6 Å². The summed E-state index contributed by atoms with van der Waals surface area (Å²) in [7, 11) is 4.48. The number of aliphatic hydroxyl groups is 3. The van der Waals surface area contributed by atoms with Crippen LogP contribution in [0.1, 0.15) is 223 Å². The maximum absolute atomic E-state index is 12.5. The van der Waals surface area contributed by atoms with Gasteiger partial charge in [0.1, 0.15) is 27.9 Å². The maximum Gasteiger partial charge on any atom is 0.266 e. The normalized spacial score (nSPS) is 18.6. The Bertz CT molecular complexity index is 6000. The van der Waals surface area contributed by atoms with Crippen molar-refractivity contribution in [2.75, 3.05) is 121 Å². The predicted octanol–water partition coefficient (Wildman–Crippen LogP) is 10.6. The van der Waals surface area contributed by atoms with E-state index in [9.17, 15) is 44.1 Å². The summed E-state index contributed by atoms with van der Waals surface area (Å²) in [6.07, 6.45) is 41.3. The number of fused-ring (bicyclic) bond motifs is 5. The quantitative estimate of drug-likeness (QED) is 0.0370. The summed E-state index contributed by atoms with van der Waals surface area (Å²) in [5, 5.41) is 32.8. The van der Waals surface area contributed by atoms with Crippen molar-refractivity contribution in [3.05, 3.63) is 170 Å². The fraction of sp³-hybridized carbons (Fsp3) is 0.469. The summed E-state index contributed by atoms with van der Waals surface area (Å²) < 4.78 is 49.8. The first-order valence-electron chi connectivity index (χ1n) is 43.2. The molecular formula is C96H114N14O14. The Hall–Kier alpha value is -11.9. The average Bonchev–Trinajstić information content (AvgIpc) is 0.766. The molecule has 14 heterocycles. The number of allylic oxidation sites excluding steroid dienone is 1. The SMILES string of the molecule is C#CC1=C(N2CCC(C)(OC)CC2)c2nc(C(C)O)ccc2CC1=O.C#Cc1c(N2CCC(C)(OC)CC2)c2cc(C(C)=O)ncc2[nH]c1=O.C#Cc1c(N2CCC(C)(OC)CC2)c2cc(C(C)O)ncc2[nH]c1=O.C#Cc1c(N2CCC(C)(OC)CC2)c2cc(C(C)O)ncc2[nH]c1=O.[2H]C([2H])([2H])OC1(C)CCN(c2c(C#C)c(=O)[nH]c3cnc(CC)cc23)CC1. The molecule has 15 rings (SSSR count). The number of Topliss-reactive ketones (excluding diaryl/α,β-unsaturated/α-hetero) is 2. The highest BCUT2D eigenvalue weighted by molar-refractivity contribution is 6.10. The molecule has 9 aromatic rings. The van der Waals surface area contributed by atoms with Crippen LogP contribution in [0.2, 0.25) is 0 Å². The number of aromatic nitrogens is 9. The van der Waals surface area contributed by atoms with E-state index in [2.05, 4.69) is 127 Å². The number of carbonyl (C=O) groups excluding carboxylic acids is 2. The third-order valence-electron chi connectivity index (χ3n) is 25.3. The zero-order valence-corrected chi connectivity index (χ0v) is 73.3. The summed E-state index contributed by atoms with van der Waals surface area (Å²) >= 11 is 0. The van der Waals surface area contributed by atoms with Gasteiger partial charge in [-0.1, -0.05) is 42.6 Å². The monoisotopic (exact) mass is 1690 g/mol. The number of methoxy groups -OCH3 is 5. The topological polar surface area (TPSA) is 353 Å². The number of aliphatic hydroxyl groups excluding tert-OH is 3. The summed E-state index contributed by atoms with van der Waals surface area (Å²) in [5.41, 5.74) is 9.59. The van der Waals surface area contributed by atoms with Crippen LogP contribution >= 0.6 is 0 Å². The molecule has 0 spiro atoms. The number of nitrogens with one attached hydrogen (secondary N) is 4. The van der Waals surface area contributed by atoms with Crippen LogP contribution in [-0.4, -0.2) is 206 Å². The van der Waals surface area contributed by atoms with Crippen molar-refractivity contribution in [3.63, 3.8) is 0 Å². The van der Waals surface area contributed by atoms with Gasteiger partial charge in [-0.2, -0.15) is 0 Å². The third kappa shape index (κ3) is 20.0. The van der Waals surface area contributed by atoms with Gasteiger partial charge >= 0.3 is 0 Å². The average molecular weight is 1690 g/mol. The first-order chi connectivity index (χ1) is 60.2. The van der Waals surface area contributed by atoms with E-state index in [1.54, 1.807) is 92.1 Å². The van der Waals surface area contributed by atoms with E-state index in [1.807, 2.05) is 26.0 Å². The van der Waals surface area contributed by atoms with Crippen molar-refractivity contribution in [2.45, 2.75) is 193 Å². The minimum atomic E-state index is -2.43. The number of ether oxygens (including phenoxy) is 5. The second-order valence-electron chi connectivity index (χ2n) is 33.7. The smallest absolute Gasteiger partial charge is 0.266 e. The molecule has 0 saturated carbocycles. The van der Waals surface area contributed by atoms with Gasteiger partial charge in [-0.25, -0.2) is 4.98 Å². The van der Waals surface area contributed by atoms with E-state index in [0.29, 0.717) is 98.8 Å². The molecule has 7 N–H and O–H groups in total. The number of terminal acetylenes is 5. The molecule has 5 fully saturated rings. The Labute approximate surface area is 727 Å². The molecule has 6 aliphatic rings. The van der Waals surface area contributed by atoms with Gasteiger partial charge in [0, 0.05) is 142 Å². The molecule has 0 amide bonds. The molecule has 0 radical (unpaired) electrons. The lowest BCUT2D eigenvalue weighted by atomic mass is 9.88. The van der Waals surface area contributed by atoms with Crippen LogP contribution in [0, 0.1) is 61.7 Å². The van der Waals surface area contributed by atoms with Crippen molar-refractivity contribution >= 4 is 83.6 Å². The van der Waals surface area contributed by atoms with E-state index in [-0.39, 0.29) is 73.8 Å². The van der Waals surface area contributed by atoms with Crippen LogP contribution in [-0.2, 0) is 41.3 Å². The molecule has 28 nitrogen and oxygen atoms in total. The van der Waals surface area contributed by atoms with Gasteiger partial charge < -0.3 is 83.4 Å². The molecule has 124 heavy (non-hydrogen) atoms. The van der Waals surface area contributed by atoms with Crippen molar-refractivity contribution in [2.24, 2.45) is 0 Å². The highest BCUT2D eigenvalue weighted by Gasteiger charge is 2.39. The first-order valence-corrected chi connectivity index (χ1v) is 41.7. The fourth-order valence-electron chi connectivity index (χ4n) is 16.5. The number of ketones is 2. The number of aromatic amines is 4. The van der Waals surface area contributed by atoms with Crippen LogP contribution in [0.4, 0.5) is 22.7 Å². The van der Waals surface area contributed by atoms with Gasteiger partial charge in [0.05, 0.1) is 154 Å². The lowest BCUT2D eigenvalue weighted by Gasteiger charge is -2.41. The third-order valence-corrected chi connectivity index (χ3v) is 25.3. The molecule has 5 aliphatic heterocycles. The molecule has 3 unspecified atom stereocenters. The van der Waals surface area contributed by atoms with Crippen LogP contribution < -0.4 is 41.8 Å². The number of pyridine rings is 9. The summed E-state index contributed by atoms with van der Waals surface area (Å²) in [5.74, 6) is 12.5. The molecule has 9 aromatic heterocycles. The summed E-state index contributed by atoms with van der Waals surface area (Å²) in [6, 6.07) is 10.9. The standard InChI is InChI=1S/C20H24N2O3.2C19H23N3O3.C19H21N3O3.C19H23N3O2/c1-5-15-17(24)12-14-6-7-16(13(2)23)21-18(14)19(15)22-10-8-20(3,25-4)9-11-22;3*1-5-13-17(22-8-6-19(3,25-4)7-9-22)14-10-15(12(2)23)20-11-16(14)21-18(13)24;1-5-13-11-15-16(12-20-13)21-18(23)14(6-2)17(15)22-9-7-19(3,24-4)8-10-22/h1,6-7,13,23H,8-12H2,2-4H3;2*1,10-12,23H,6-9H2,2-4H3,(H,21,24);1,10-11H,6-9H2,2-4H3,(H,21,24);2,11-12H,5,7-10H2,1,3-4H3,(H,21,23)/i;;;;4D3. The van der Waals surface area contributed by atoms with Gasteiger partial charge in [-0.3, -0.25) is 48.7 Å². The summed E-state index contributed by atoms with van der Waals surface area (Å²) in [4.78, 5) is 117. The number of nitrogens with zero attached hydrogens (tertiary/aromatic N) is 10. The van der Waals surface area contributed by atoms with Gasteiger partial charge in [-0.15, -0.1) is 32.1 Å². The molecule has 28 heteroatoms. The Morgan fingerprint density at radius 2 is 0.774 bits per heavy atom. The Morgan fingerprint density at radius 1 is 0.460 bits per heavy atom. The maximum atomic E-state index is 12.5. The van der Waals surface area contributed by atoms with Gasteiger partial charge in [0.2, 0.25) is 0 Å². The number of hydrogen-bond acceptors (Lipinski definition) is 24. The van der Waals surface area contributed by atoms with Crippen molar-refractivity contribution in [1.29, 1.82) is 0 Å². The fourth-order valence-corrected chi connectivity index (χ4v) is 16.5. The highest BCUT2D eigenvalue weighted by atomic mass is 16.5. The number of hydrogen-bond donors (Lipinski definition) is 7. The minimum Gasteiger partial charge on any atom is -0.387 e. The Morgan fingerprint density at radius 3 is 1.08 bits per heavy atom. The molecule has 3 atom stereocenters. The molecule has 1 aliphatic carbocycles. The van der Waals surface area contributed by atoms with Gasteiger partial charge in [0.25, 0.3) is 22.2 Å². The second-order valence-corrected chi connectivity index (χ2v) is 33.7. The summed E-state index contributed by atoms with van der Waals surface area (Å²) in [6.45, 7) is 25.6. The largest absolute Gasteiger partial charge is 0.387 e. The second kappa shape index (κ2) is 38.9. The number of likely N-dealkylation sites (tertiary alicyclic amines) is 1. The molecule has 5 saturated heterocycles. The van der Waals surface area contributed by atoms with Crippen molar-refractivity contribution in [1.82, 2.24) is 49.8 Å². The van der Waals surface area contributed by atoms with Gasteiger partial charge in [-0.05, 0) is 162 Å². The molecular weight excluding hydrogens is 1570 g/mol. The van der Waals surface area contributed by atoms with Crippen molar-refractivity contribution < 1.29 is 52.7 Å². The zero-order valence-electron chi connectivity index (χ0n) is 76.3. The number of aryl methyl sites for hydroxylation is 1. The van der Waals surface area contributed by atoms with Crippen LogP contribution in [0.5, 0.6) is 0 Å².